The van der Waals surface area contributed by atoms with Crippen molar-refractivity contribution >= 4 is 5.97 Å². The fourth-order valence-corrected chi connectivity index (χ4v) is 3.59. The Bertz CT molecular complexity index is 851. The van der Waals surface area contributed by atoms with Gasteiger partial charge in [0, 0.05) is 5.57 Å². The zero-order chi connectivity index (χ0) is 19.6. The van der Waals surface area contributed by atoms with Crippen molar-refractivity contribution in [3.05, 3.63) is 118 Å². The van der Waals surface area contributed by atoms with Gasteiger partial charge in [-0.1, -0.05) is 96.1 Å². The largest absolute Gasteiger partial charge is 0.478 e. The lowest BCUT2D eigenvalue weighted by Gasteiger charge is -2.36. The predicted octanol–water partition coefficient (Wildman–Crippen LogP) is 5.59. The number of benzene rings is 3. The van der Waals surface area contributed by atoms with Gasteiger partial charge in [-0.25, -0.2) is 4.79 Å². The second-order valence-corrected chi connectivity index (χ2v) is 7.13. The molecule has 0 aliphatic carbocycles. The van der Waals surface area contributed by atoms with Crippen molar-refractivity contribution in [2.75, 3.05) is 0 Å². The van der Waals surface area contributed by atoms with E-state index in [4.69, 9.17) is 0 Å². The molecule has 136 valence electrons. The molecule has 2 nitrogen and oxygen atoms in total. The zero-order valence-electron chi connectivity index (χ0n) is 16.0. The monoisotopic (exact) mass is 356 g/mol. The Labute approximate surface area is 160 Å². The predicted molar refractivity (Wildman–Crippen MR) is 110 cm³/mol. The number of hydrogen-bond acceptors (Lipinski definition) is 1. The highest BCUT2D eigenvalue weighted by Gasteiger charge is 2.42. The van der Waals surface area contributed by atoms with E-state index in [1.165, 1.54) is 0 Å². The number of hydrogen-bond donors (Lipinski definition) is 1. The van der Waals surface area contributed by atoms with Crippen molar-refractivity contribution in [2.45, 2.75) is 26.2 Å². The third-order valence-corrected chi connectivity index (χ3v) is 5.16. The lowest BCUT2D eigenvalue weighted by atomic mass is 9.65. The van der Waals surface area contributed by atoms with Crippen LogP contribution in [0.4, 0.5) is 0 Å². The Kier molecular flexibility index (Phi) is 5.00. The lowest BCUT2D eigenvalue weighted by Crippen LogP contribution is -2.35. The summed E-state index contributed by atoms with van der Waals surface area (Å²) in [5.74, 6) is -1.00. The summed E-state index contributed by atoms with van der Waals surface area (Å²) in [4.78, 5) is 12.2. The minimum atomic E-state index is -1.00. The Balaban J connectivity index is 2.42. The molecule has 0 saturated heterocycles. The third kappa shape index (κ3) is 3.31. The molecule has 0 bridgehead atoms. The van der Waals surface area contributed by atoms with Gasteiger partial charge in [-0.15, -0.1) is 0 Å². The van der Waals surface area contributed by atoms with Crippen LogP contribution in [0.15, 0.2) is 84.9 Å². The van der Waals surface area contributed by atoms with Gasteiger partial charge in [0.15, 0.2) is 0 Å². The van der Waals surface area contributed by atoms with Crippen molar-refractivity contribution in [1.29, 1.82) is 0 Å². The van der Waals surface area contributed by atoms with Crippen molar-refractivity contribution in [3.8, 4) is 0 Å². The average Bonchev–Trinajstić information content (AvgIpc) is 2.66. The van der Waals surface area contributed by atoms with Gasteiger partial charge in [-0.05, 0) is 37.5 Å². The molecule has 0 heterocycles. The van der Waals surface area contributed by atoms with Gasteiger partial charge in [-0.2, -0.15) is 0 Å². The highest BCUT2D eigenvalue weighted by Crippen LogP contribution is 2.45. The highest BCUT2D eigenvalue weighted by atomic mass is 16.4. The summed E-state index contributed by atoms with van der Waals surface area (Å²) in [6, 6.07) is 24.1. The molecule has 2 heteroatoms. The summed E-state index contributed by atoms with van der Waals surface area (Å²) in [6.07, 6.45) is 0. The second kappa shape index (κ2) is 7.24. The fraction of sp³-hybridized carbons (Fsp3) is 0.160. The Hall–Kier alpha value is -3.13. The van der Waals surface area contributed by atoms with Crippen molar-refractivity contribution in [1.82, 2.24) is 0 Å². The van der Waals surface area contributed by atoms with Gasteiger partial charge in [-0.3, -0.25) is 0 Å². The lowest BCUT2D eigenvalue weighted by molar-refractivity contribution is -0.133. The van der Waals surface area contributed by atoms with E-state index >= 15 is 0 Å². The number of rotatable bonds is 5. The van der Waals surface area contributed by atoms with E-state index in [2.05, 4.69) is 6.58 Å². The molecule has 1 N–H and O–H groups in total. The topological polar surface area (TPSA) is 37.3 Å². The number of carboxylic acids is 1. The first kappa shape index (κ1) is 18.7. The second-order valence-electron chi connectivity index (χ2n) is 7.13. The summed E-state index contributed by atoms with van der Waals surface area (Å²) in [6.45, 7) is 10.1. The normalized spacial score (nSPS) is 11.2. The molecule has 0 atom stereocenters. The number of aryl methyl sites for hydroxylation is 3. The molecule has 0 radical (unpaired) electrons. The maximum atomic E-state index is 12.2. The molecule has 3 aromatic rings. The molecule has 3 rings (SSSR count). The summed E-state index contributed by atoms with van der Waals surface area (Å²) in [7, 11) is 0. The van der Waals surface area contributed by atoms with Gasteiger partial charge in [0.1, 0.15) is 0 Å². The minimum absolute atomic E-state index is 0.138. The fourth-order valence-electron chi connectivity index (χ4n) is 3.59. The summed E-state index contributed by atoms with van der Waals surface area (Å²) < 4.78 is 0. The Morgan fingerprint density at radius 3 is 1.15 bits per heavy atom. The summed E-state index contributed by atoms with van der Waals surface area (Å²) >= 11 is 0. The molecule has 0 aliphatic heterocycles. The molecular weight excluding hydrogens is 332 g/mol. The first-order valence-electron chi connectivity index (χ1n) is 9.00. The van der Waals surface area contributed by atoms with Crippen molar-refractivity contribution in [2.24, 2.45) is 0 Å². The maximum Gasteiger partial charge on any atom is 0.332 e. The van der Waals surface area contributed by atoms with Gasteiger partial charge < -0.3 is 5.11 Å². The van der Waals surface area contributed by atoms with Gasteiger partial charge >= 0.3 is 5.97 Å². The van der Waals surface area contributed by atoms with E-state index in [-0.39, 0.29) is 5.57 Å². The van der Waals surface area contributed by atoms with E-state index in [1.54, 1.807) is 0 Å². The van der Waals surface area contributed by atoms with E-state index in [9.17, 15) is 9.90 Å². The molecule has 0 saturated carbocycles. The van der Waals surface area contributed by atoms with Crippen LogP contribution in [0, 0.1) is 20.8 Å². The first-order valence-corrected chi connectivity index (χ1v) is 9.00. The van der Waals surface area contributed by atoms with Gasteiger partial charge in [0.2, 0.25) is 0 Å². The van der Waals surface area contributed by atoms with Crippen LogP contribution >= 0.6 is 0 Å². The quantitative estimate of drug-likeness (QED) is 0.478. The molecule has 0 amide bonds. The van der Waals surface area contributed by atoms with Crippen LogP contribution in [0.1, 0.15) is 33.4 Å². The molecule has 0 aliphatic rings. The molecule has 0 aromatic heterocycles. The average molecular weight is 356 g/mol. The Morgan fingerprint density at radius 1 is 0.667 bits per heavy atom. The number of carboxylic acid groups (broad SMARTS) is 1. The van der Waals surface area contributed by atoms with E-state index < -0.39 is 11.4 Å². The van der Waals surface area contributed by atoms with Crippen molar-refractivity contribution < 1.29 is 9.90 Å². The van der Waals surface area contributed by atoms with Crippen LogP contribution in [0.3, 0.4) is 0 Å². The first-order chi connectivity index (χ1) is 12.9. The van der Waals surface area contributed by atoms with Crippen LogP contribution in [0.2, 0.25) is 0 Å². The van der Waals surface area contributed by atoms with Gasteiger partial charge in [0.25, 0.3) is 0 Å². The minimum Gasteiger partial charge on any atom is -0.478 e. The van der Waals surface area contributed by atoms with Crippen LogP contribution in [0.5, 0.6) is 0 Å². The maximum absolute atomic E-state index is 12.2. The van der Waals surface area contributed by atoms with Crippen LogP contribution in [0.25, 0.3) is 0 Å². The van der Waals surface area contributed by atoms with E-state index in [1.807, 2.05) is 93.6 Å². The highest BCUT2D eigenvalue weighted by molar-refractivity contribution is 5.92. The molecule has 27 heavy (non-hydrogen) atoms. The molecular formula is C25H24O2. The standard InChI is InChI=1S/C25H24O2/c1-17-5-11-21(12-6-17)25(20(4)24(26)27,22-13-7-18(2)8-14-22)23-15-9-19(3)10-16-23/h5-16H,4H2,1-3H3,(H,26,27). The smallest absolute Gasteiger partial charge is 0.332 e. The molecule has 0 unspecified atom stereocenters. The summed E-state index contributed by atoms with van der Waals surface area (Å²) in [5.41, 5.74) is 5.25. The number of aliphatic carboxylic acids is 1. The Morgan fingerprint density at radius 2 is 0.926 bits per heavy atom. The molecule has 0 fully saturated rings. The van der Waals surface area contributed by atoms with Crippen LogP contribution < -0.4 is 0 Å². The van der Waals surface area contributed by atoms with Crippen LogP contribution in [-0.2, 0) is 10.2 Å². The third-order valence-electron chi connectivity index (χ3n) is 5.16. The van der Waals surface area contributed by atoms with Crippen molar-refractivity contribution in [3.63, 3.8) is 0 Å². The van der Waals surface area contributed by atoms with Gasteiger partial charge in [0.05, 0.1) is 5.41 Å². The molecule has 3 aromatic carbocycles. The number of carbonyl (C=O) groups is 1. The van der Waals surface area contributed by atoms with Crippen LogP contribution in [-0.4, -0.2) is 11.1 Å². The summed E-state index contributed by atoms with van der Waals surface area (Å²) in [5, 5.41) is 9.97. The SMILES string of the molecule is C=C(C(=O)O)C(c1ccc(C)cc1)(c1ccc(C)cc1)c1ccc(C)cc1. The zero-order valence-corrected chi connectivity index (χ0v) is 16.0. The van der Waals surface area contributed by atoms with E-state index in [0.29, 0.717) is 0 Å². The molecule has 0 spiro atoms. The van der Waals surface area contributed by atoms with E-state index in [0.717, 1.165) is 33.4 Å².